The van der Waals surface area contributed by atoms with Gasteiger partial charge in [-0.2, -0.15) is 0 Å². The number of aryl methyl sites for hydroxylation is 1. The van der Waals surface area contributed by atoms with Crippen molar-refractivity contribution >= 4 is 38.3 Å². The smallest absolute Gasteiger partial charge is 0.282 e. The van der Waals surface area contributed by atoms with Crippen molar-refractivity contribution in [1.29, 1.82) is 0 Å². The zero-order valence-electron chi connectivity index (χ0n) is 14.7. The molecule has 1 atom stereocenters. The molecule has 1 saturated heterocycles. The number of halogens is 1. The SMILES string of the molecule is Cc1cc(C(=O)N(CC2CCCO2)c2nc(-c3ccc(Br)cc3)cs2)no1. The van der Waals surface area contributed by atoms with Gasteiger partial charge in [0.1, 0.15) is 5.76 Å². The van der Waals surface area contributed by atoms with Crippen LogP contribution in [0.15, 0.2) is 44.7 Å². The van der Waals surface area contributed by atoms with Crippen LogP contribution in [0.2, 0.25) is 0 Å². The third-order valence-electron chi connectivity index (χ3n) is 4.37. The number of anilines is 1. The molecule has 0 spiro atoms. The van der Waals surface area contributed by atoms with E-state index in [1.165, 1.54) is 11.3 Å². The predicted octanol–water partition coefficient (Wildman–Crippen LogP) is 4.69. The molecule has 2 aromatic heterocycles. The number of amides is 1. The standard InChI is InChI=1S/C19H18BrN3O3S/c1-12-9-16(22-26-12)18(24)23(10-15-3-2-8-25-15)19-21-17(11-27-19)13-4-6-14(20)7-5-13/h4-7,9,11,15H,2-3,8,10H2,1H3. The van der Waals surface area contributed by atoms with Crippen molar-refractivity contribution in [2.24, 2.45) is 0 Å². The summed E-state index contributed by atoms with van der Waals surface area (Å²) in [6.45, 7) is 2.96. The zero-order chi connectivity index (χ0) is 18.8. The Morgan fingerprint density at radius 3 is 2.85 bits per heavy atom. The van der Waals surface area contributed by atoms with Gasteiger partial charge in [0.15, 0.2) is 10.8 Å². The van der Waals surface area contributed by atoms with Crippen LogP contribution in [0.1, 0.15) is 29.1 Å². The average molecular weight is 448 g/mol. The molecule has 0 aliphatic carbocycles. The summed E-state index contributed by atoms with van der Waals surface area (Å²) >= 11 is 4.88. The second-order valence-electron chi connectivity index (χ2n) is 6.40. The molecule has 3 heterocycles. The maximum Gasteiger partial charge on any atom is 0.282 e. The Bertz CT molecular complexity index is 932. The van der Waals surface area contributed by atoms with E-state index in [9.17, 15) is 4.79 Å². The fourth-order valence-electron chi connectivity index (χ4n) is 2.99. The van der Waals surface area contributed by atoms with E-state index < -0.39 is 0 Å². The molecule has 1 aliphatic heterocycles. The van der Waals surface area contributed by atoms with Crippen LogP contribution >= 0.6 is 27.3 Å². The first-order chi connectivity index (χ1) is 13.1. The molecular weight excluding hydrogens is 430 g/mol. The second-order valence-corrected chi connectivity index (χ2v) is 8.15. The normalized spacial score (nSPS) is 16.6. The molecule has 140 valence electrons. The van der Waals surface area contributed by atoms with Crippen molar-refractivity contribution < 1.29 is 14.1 Å². The van der Waals surface area contributed by atoms with E-state index in [0.29, 0.717) is 17.4 Å². The van der Waals surface area contributed by atoms with E-state index in [1.54, 1.807) is 17.9 Å². The summed E-state index contributed by atoms with van der Waals surface area (Å²) < 4.78 is 11.8. The molecule has 27 heavy (non-hydrogen) atoms. The molecule has 3 aromatic rings. The van der Waals surface area contributed by atoms with E-state index in [0.717, 1.165) is 35.2 Å². The van der Waals surface area contributed by atoms with Gasteiger partial charge in [-0.25, -0.2) is 4.98 Å². The van der Waals surface area contributed by atoms with Gasteiger partial charge in [0.2, 0.25) is 0 Å². The van der Waals surface area contributed by atoms with Gasteiger partial charge in [0, 0.05) is 28.1 Å². The Hall–Kier alpha value is -2.03. The number of carbonyl (C=O) groups is 1. The molecule has 1 fully saturated rings. The number of thiazole rings is 1. The van der Waals surface area contributed by atoms with Gasteiger partial charge in [0.05, 0.1) is 18.3 Å². The van der Waals surface area contributed by atoms with Crippen molar-refractivity contribution in [3.63, 3.8) is 0 Å². The number of aromatic nitrogens is 2. The molecule has 1 aromatic carbocycles. The van der Waals surface area contributed by atoms with E-state index >= 15 is 0 Å². The Labute approximate surface area is 169 Å². The van der Waals surface area contributed by atoms with Gasteiger partial charge >= 0.3 is 0 Å². The highest BCUT2D eigenvalue weighted by Gasteiger charge is 2.28. The number of rotatable bonds is 5. The predicted molar refractivity (Wildman–Crippen MR) is 107 cm³/mol. The van der Waals surface area contributed by atoms with Gasteiger partial charge in [-0.3, -0.25) is 9.69 Å². The van der Waals surface area contributed by atoms with Crippen LogP contribution in [-0.4, -0.2) is 35.3 Å². The first-order valence-corrected chi connectivity index (χ1v) is 10.4. The molecule has 0 saturated carbocycles. The summed E-state index contributed by atoms with van der Waals surface area (Å²) in [4.78, 5) is 19.4. The van der Waals surface area contributed by atoms with Crippen LogP contribution in [0.5, 0.6) is 0 Å². The molecule has 6 nitrogen and oxygen atoms in total. The third kappa shape index (κ3) is 4.12. The van der Waals surface area contributed by atoms with Crippen molar-refractivity contribution in [2.75, 3.05) is 18.1 Å². The molecule has 8 heteroatoms. The minimum atomic E-state index is -0.223. The van der Waals surface area contributed by atoms with Gasteiger partial charge in [-0.1, -0.05) is 33.2 Å². The summed E-state index contributed by atoms with van der Waals surface area (Å²) in [6.07, 6.45) is 1.96. The monoisotopic (exact) mass is 447 g/mol. The summed E-state index contributed by atoms with van der Waals surface area (Å²) in [6, 6.07) is 9.59. The van der Waals surface area contributed by atoms with Crippen LogP contribution in [0, 0.1) is 6.92 Å². The van der Waals surface area contributed by atoms with Crippen LogP contribution in [0.25, 0.3) is 11.3 Å². The maximum absolute atomic E-state index is 13.0. The number of nitrogens with zero attached hydrogens (tertiary/aromatic N) is 3. The van der Waals surface area contributed by atoms with E-state index in [-0.39, 0.29) is 17.7 Å². The zero-order valence-corrected chi connectivity index (χ0v) is 17.1. The molecule has 1 amide bonds. The third-order valence-corrected chi connectivity index (χ3v) is 5.76. The van der Waals surface area contributed by atoms with Gasteiger partial charge in [-0.05, 0) is 31.9 Å². The molecule has 4 rings (SSSR count). The number of hydrogen-bond donors (Lipinski definition) is 0. The van der Waals surface area contributed by atoms with Crippen molar-refractivity contribution in [3.05, 3.63) is 51.6 Å². The first kappa shape index (κ1) is 18.3. The van der Waals surface area contributed by atoms with E-state index in [2.05, 4.69) is 21.1 Å². The van der Waals surface area contributed by atoms with Crippen molar-refractivity contribution in [3.8, 4) is 11.3 Å². The van der Waals surface area contributed by atoms with Crippen LogP contribution in [0.4, 0.5) is 5.13 Å². The lowest BCUT2D eigenvalue weighted by Crippen LogP contribution is -2.37. The highest BCUT2D eigenvalue weighted by molar-refractivity contribution is 9.10. The van der Waals surface area contributed by atoms with Gasteiger partial charge < -0.3 is 9.26 Å². The molecule has 1 unspecified atom stereocenters. The highest BCUT2D eigenvalue weighted by atomic mass is 79.9. The lowest BCUT2D eigenvalue weighted by Gasteiger charge is -2.22. The van der Waals surface area contributed by atoms with Gasteiger partial charge in [-0.15, -0.1) is 11.3 Å². The lowest BCUT2D eigenvalue weighted by molar-refractivity contribution is 0.0910. The molecule has 0 N–H and O–H groups in total. The Morgan fingerprint density at radius 1 is 1.37 bits per heavy atom. The second kappa shape index (κ2) is 7.92. The quantitative estimate of drug-likeness (QED) is 0.566. The van der Waals surface area contributed by atoms with Crippen LogP contribution in [-0.2, 0) is 4.74 Å². The molecule has 0 bridgehead atoms. The lowest BCUT2D eigenvalue weighted by atomic mass is 10.2. The van der Waals surface area contributed by atoms with E-state index in [4.69, 9.17) is 14.2 Å². The summed E-state index contributed by atoms with van der Waals surface area (Å²) in [5, 5.41) is 6.47. The number of carbonyl (C=O) groups excluding carboxylic acids is 1. The van der Waals surface area contributed by atoms with Crippen LogP contribution < -0.4 is 4.90 Å². The molecule has 1 aliphatic rings. The summed E-state index contributed by atoms with van der Waals surface area (Å²) in [7, 11) is 0. The van der Waals surface area contributed by atoms with Crippen molar-refractivity contribution in [1.82, 2.24) is 10.1 Å². The minimum Gasteiger partial charge on any atom is -0.376 e. The highest BCUT2D eigenvalue weighted by Crippen LogP contribution is 2.30. The average Bonchev–Trinajstić information content (AvgIpc) is 3.41. The largest absolute Gasteiger partial charge is 0.376 e. The Kier molecular flexibility index (Phi) is 5.38. The topological polar surface area (TPSA) is 68.5 Å². The minimum absolute atomic E-state index is 0.0157. The number of ether oxygens (including phenoxy) is 1. The first-order valence-electron chi connectivity index (χ1n) is 8.68. The Balaban J connectivity index is 1.63. The number of hydrogen-bond acceptors (Lipinski definition) is 6. The van der Waals surface area contributed by atoms with Crippen LogP contribution in [0.3, 0.4) is 0 Å². The fraction of sp³-hybridized carbons (Fsp3) is 0.316. The Morgan fingerprint density at radius 2 is 2.19 bits per heavy atom. The maximum atomic E-state index is 13.0. The molecular formula is C19H18BrN3O3S. The van der Waals surface area contributed by atoms with Gasteiger partial charge in [0.25, 0.3) is 5.91 Å². The summed E-state index contributed by atoms with van der Waals surface area (Å²) in [5.41, 5.74) is 2.12. The molecule has 0 radical (unpaired) electrons. The van der Waals surface area contributed by atoms with E-state index in [1.807, 2.05) is 29.6 Å². The number of benzene rings is 1. The van der Waals surface area contributed by atoms with Crippen molar-refractivity contribution in [2.45, 2.75) is 25.9 Å². The summed E-state index contributed by atoms with van der Waals surface area (Å²) in [5.74, 6) is 0.379. The fourth-order valence-corrected chi connectivity index (χ4v) is 4.09.